The van der Waals surface area contributed by atoms with Gasteiger partial charge in [0.05, 0.1) is 32.9 Å². The first-order valence-electron chi connectivity index (χ1n) is 10.7. The smallest absolute Gasteiger partial charge is 0.191 e. The van der Waals surface area contributed by atoms with Crippen LogP contribution in [0.3, 0.4) is 0 Å². The predicted molar refractivity (Wildman–Crippen MR) is 138 cm³/mol. The summed E-state index contributed by atoms with van der Waals surface area (Å²) < 4.78 is 11.0. The molecule has 1 heterocycles. The molecule has 0 radical (unpaired) electrons. The summed E-state index contributed by atoms with van der Waals surface area (Å²) in [5.41, 5.74) is 3.67. The van der Waals surface area contributed by atoms with E-state index in [1.165, 1.54) is 11.1 Å². The Morgan fingerprint density at radius 3 is 2.61 bits per heavy atom. The zero-order valence-corrected chi connectivity index (χ0v) is 21.1. The minimum atomic E-state index is 0. The number of para-hydroxylation sites is 1. The molecule has 3 rings (SSSR count). The van der Waals surface area contributed by atoms with E-state index in [2.05, 4.69) is 59.7 Å². The number of rotatable bonds is 8. The van der Waals surface area contributed by atoms with Crippen molar-refractivity contribution in [2.75, 3.05) is 46.5 Å². The van der Waals surface area contributed by atoms with Gasteiger partial charge in [0.15, 0.2) is 5.96 Å². The van der Waals surface area contributed by atoms with Crippen LogP contribution < -0.4 is 15.4 Å². The van der Waals surface area contributed by atoms with Gasteiger partial charge < -0.3 is 20.1 Å². The Morgan fingerprint density at radius 2 is 1.90 bits per heavy atom. The van der Waals surface area contributed by atoms with Crippen molar-refractivity contribution in [3.05, 3.63) is 65.2 Å². The number of nitrogens with one attached hydrogen (secondary N) is 2. The van der Waals surface area contributed by atoms with Gasteiger partial charge in [-0.05, 0) is 25.5 Å². The topological polar surface area (TPSA) is 58.1 Å². The second-order valence-corrected chi connectivity index (χ2v) is 7.47. The van der Waals surface area contributed by atoms with Gasteiger partial charge in [-0.1, -0.05) is 48.0 Å². The molecule has 6 nitrogen and oxygen atoms in total. The standard InChI is InChI=1S/C24H34N4O2.HI/c1-4-25-24(26-17-21-9-5-6-11-23(21)29-3)27-18-22(28-12-14-30-15-13-28)20-10-7-8-19(2)16-20;/h5-11,16,22H,4,12-15,17-18H2,1-3H3,(H2,25,26,27);1H. The summed E-state index contributed by atoms with van der Waals surface area (Å²) in [7, 11) is 1.70. The van der Waals surface area contributed by atoms with Crippen LogP contribution in [0.15, 0.2) is 53.5 Å². The van der Waals surface area contributed by atoms with Crippen molar-refractivity contribution in [2.45, 2.75) is 26.4 Å². The van der Waals surface area contributed by atoms with Crippen LogP contribution in [0.25, 0.3) is 0 Å². The molecule has 0 spiro atoms. The van der Waals surface area contributed by atoms with Gasteiger partial charge in [-0.15, -0.1) is 24.0 Å². The molecule has 1 atom stereocenters. The summed E-state index contributed by atoms with van der Waals surface area (Å²) in [5, 5.41) is 6.93. The van der Waals surface area contributed by atoms with Crippen molar-refractivity contribution in [3.8, 4) is 5.75 Å². The van der Waals surface area contributed by atoms with E-state index < -0.39 is 0 Å². The van der Waals surface area contributed by atoms with Gasteiger partial charge in [0.1, 0.15) is 5.75 Å². The lowest BCUT2D eigenvalue weighted by Crippen LogP contribution is -2.46. The number of guanidine groups is 1. The average Bonchev–Trinajstić information content (AvgIpc) is 2.78. The Morgan fingerprint density at radius 1 is 1.13 bits per heavy atom. The molecule has 0 amide bonds. The molecule has 1 unspecified atom stereocenters. The van der Waals surface area contributed by atoms with Crippen LogP contribution in [-0.2, 0) is 11.3 Å². The highest BCUT2D eigenvalue weighted by atomic mass is 127. The second-order valence-electron chi connectivity index (χ2n) is 7.47. The van der Waals surface area contributed by atoms with Crippen LogP contribution in [0, 0.1) is 6.92 Å². The van der Waals surface area contributed by atoms with Crippen LogP contribution in [0.2, 0.25) is 0 Å². The van der Waals surface area contributed by atoms with Gasteiger partial charge in [0, 0.05) is 31.7 Å². The number of halogens is 1. The molecule has 0 aliphatic carbocycles. The third-order valence-electron chi connectivity index (χ3n) is 5.32. The fraction of sp³-hybridized carbons (Fsp3) is 0.458. The summed E-state index contributed by atoms with van der Waals surface area (Å²) in [6, 6.07) is 17.1. The van der Waals surface area contributed by atoms with Gasteiger partial charge in [0.2, 0.25) is 0 Å². The minimum Gasteiger partial charge on any atom is -0.496 e. The van der Waals surface area contributed by atoms with E-state index in [-0.39, 0.29) is 30.0 Å². The summed E-state index contributed by atoms with van der Waals surface area (Å²) in [6.07, 6.45) is 0. The molecule has 2 N–H and O–H groups in total. The van der Waals surface area contributed by atoms with E-state index in [0.717, 1.165) is 56.7 Å². The number of aliphatic imine (C=N–C) groups is 1. The van der Waals surface area contributed by atoms with Crippen molar-refractivity contribution >= 4 is 29.9 Å². The maximum absolute atomic E-state index is 5.57. The molecule has 1 saturated heterocycles. The van der Waals surface area contributed by atoms with E-state index in [0.29, 0.717) is 6.54 Å². The lowest BCUT2D eigenvalue weighted by molar-refractivity contribution is 0.0170. The molecule has 2 aromatic carbocycles. The maximum atomic E-state index is 5.57. The Labute approximate surface area is 203 Å². The molecule has 2 aromatic rings. The van der Waals surface area contributed by atoms with Crippen LogP contribution >= 0.6 is 24.0 Å². The summed E-state index contributed by atoms with van der Waals surface area (Å²) in [5.74, 6) is 1.68. The Kier molecular flexibility index (Phi) is 11.1. The number of methoxy groups -OCH3 is 1. The van der Waals surface area contributed by atoms with Crippen LogP contribution in [0.1, 0.15) is 29.7 Å². The van der Waals surface area contributed by atoms with Crippen molar-refractivity contribution in [1.82, 2.24) is 15.5 Å². The van der Waals surface area contributed by atoms with E-state index in [4.69, 9.17) is 14.5 Å². The summed E-state index contributed by atoms with van der Waals surface area (Å²) in [6.45, 7) is 9.82. The molecule has 0 saturated carbocycles. The molecule has 1 aliphatic rings. The maximum Gasteiger partial charge on any atom is 0.191 e. The lowest BCUT2D eigenvalue weighted by Gasteiger charge is -2.35. The second kappa shape index (κ2) is 13.5. The third-order valence-corrected chi connectivity index (χ3v) is 5.32. The van der Waals surface area contributed by atoms with Gasteiger partial charge >= 0.3 is 0 Å². The van der Waals surface area contributed by atoms with Crippen LogP contribution in [0.5, 0.6) is 5.75 Å². The van der Waals surface area contributed by atoms with E-state index in [9.17, 15) is 0 Å². The molecular formula is C24H35IN4O2. The quantitative estimate of drug-likeness (QED) is 0.305. The van der Waals surface area contributed by atoms with E-state index in [1.54, 1.807) is 7.11 Å². The average molecular weight is 538 g/mol. The van der Waals surface area contributed by atoms with Crippen molar-refractivity contribution in [1.29, 1.82) is 0 Å². The van der Waals surface area contributed by atoms with Crippen molar-refractivity contribution in [3.63, 3.8) is 0 Å². The van der Waals surface area contributed by atoms with Gasteiger partial charge in [-0.25, -0.2) is 4.99 Å². The first-order valence-corrected chi connectivity index (χ1v) is 10.7. The zero-order chi connectivity index (χ0) is 21.2. The third kappa shape index (κ3) is 7.66. The molecule has 1 aliphatic heterocycles. The molecular weight excluding hydrogens is 503 g/mol. The molecule has 31 heavy (non-hydrogen) atoms. The Hall–Kier alpha value is -1.84. The Bertz CT molecular complexity index is 825. The lowest BCUT2D eigenvalue weighted by atomic mass is 10.0. The van der Waals surface area contributed by atoms with E-state index in [1.807, 2.05) is 18.2 Å². The zero-order valence-electron chi connectivity index (χ0n) is 18.8. The van der Waals surface area contributed by atoms with Crippen molar-refractivity contribution in [2.24, 2.45) is 4.99 Å². The van der Waals surface area contributed by atoms with Crippen molar-refractivity contribution < 1.29 is 9.47 Å². The van der Waals surface area contributed by atoms with Crippen LogP contribution in [-0.4, -0.2) is 57.4 Å². The molecule has 1 fully saturated rings. The van der Waals surface area contributed by atoms with Gasteiger partial charge in [-0.3, -0.25) is 4.90 Å². The number of hydrogen-bond acceptors (Lipinski definition) is 4. The Balaban J connectivity index is 0.00000341. The molecule has 7 heteroatoms. The normalized spacial score (nSPS) is 15.6. The summed E-state index contributed by atoms with van der Waals surface area (Å²) >= 11 is 0. The number of morpholine rings is 1. The molecule has 0 bridgehead atoms. The fourth-order valence-corrected chi connectivity index (χ4v) is 3.76. The van der Waals surface area contributed by atoms with Gasteiger partial charge in [-0.2, -0.15) is 0 Å². The largest absolute Gasteiger partial charge is 0.496 e. The fourth-order valence-electron chi connectivity index (χ4n) is 3.76. The predicted octanol–water partition coefficient (Wildman–Crippen LogP) is 3.75. The highest BCUT2D eigenvalue weighted by Crippen LogP contribution is 2.22. The highest BCUT2D eigenvalue weighted by Gasteiger charge is 2.23. The van der Waals surface area contributed by atoms with Crippen LogP contribution in [0.4, 0.5) is 0 Å². The monoisotopic (exact) mass is 538 g/mol. The number of aryl methyl sites for hydroxylation is 1. The summed E-state index contributed by atoms with van der Waals surface area (Å²) in [4.78, 5) is 7.29. The molecule has 0 aromatic heterocycles. The number of ether oxygens (including phenoxy) is 2. The minimum absolute atomic E-state index is 0. The first kappa shape index (κ1) is 25.4. The number of benzene rings is 2. The number of hydrogen-bond donors (Lipinski definition) is 2. The van der Waals surface area contributed by atoms with Gasteiger partial charge in [0.25, 0.3) is 0 Å². The SMILES string of the molecule is CCNC(=NCc1ccccc1OC)NCC(c1cccc(C)c1)N1CCOCC1.I. The van der Waals surface area contributed by atoms with E-state index >= 15 is 0 Å². The number of nitrogens with zero attached hydrogens (tertiary/aromatic N) is 2. The molecule has 170 valence electrons. The highest BCUT2D eigenvalue weighted by molar-refractivity contribution is 14.0. The first-order chi connectivity index (χ1) is 14.7.